The van der Waals surface area contributed by atoms with Gasteiger partial charge >= 0.3 is 0 Å². The van der Waals surface area contributed by atoms with Crippen molar-refractivity contribution in [1.82, 2.24) is 15.2 Å². The molecule has 0 amide bonds. The minimum absolute atomic E-state index is 0.00650. The lowest BCUT2D eigenvalue weighted by Gasteiger charge is -2.22. The summed E-state index contributed by atoms with van der Waals surface area (Å²) in [6.45, 7) is 3.22. The highest BCUT2D eigenvalue weighted by atomic mass is 32.1. The molecule has 0 aliphatic heterocycles. The second-order valence-electron chi connectivity index (χ2n) is 5.96. The third-order valence-electron chi connectivity index (χ3n) is 4.16. The summed E-state index contributed by atoms with van der Waals surface area (Å²) in [4.78, 5) is 11.0. The predicted octanol–water partition coefficient (Wildman–Crippen LogP) is 3.08. The summed E-state index contributed by atoms with van der Waals surface area (Å²) in [7, 11) is 8.71. The van der Waals surface area contributed by atoms with Gasteiger partial charge in [0.25, 0.3) is 0 Å². The maximum absolute atomic E-state index is 5.49. The molecule has 1 aromatic carbocycles. The summed E-state index contributed by atoms with van der Waals surface area (Å²) in [5.74, 6) is 2.21. The zero-order valence-corrected chi connectivity index (χ0v) is 17.6. The van der Waals surface area contributed by atoms with Crippen LogP contribution in [-0.2, 0) is 17.8 Å². The zero-order chi connectivity index (χ0) is 19.8. The van der Waals surface area contributed by atoms with Gasteiger partial charge in [0.15, 0.2) is 17.5 Å². The summed E-state index contributed by atoms with van der Waals surface area (Å²) in [6, 6.07) is 5.82. The lowest BCUT2D eigenvalue weighted by Crippen LogP contribution is -2.38. The van der Waals surface area contributed by atoms with E-state index in [9.17, 15) is 0 Å². The van der Waals surface area contributed by atoms with Gasteiger partial charge in [0.05, 0.1) is 26.5 Å². The maximum Gasteiger partial charge on any atom is 0.194 e. The van der Waals surface area contributed by atoms with Crippen LogP contribution in [0.5, 0.6) is 11.5 Å². The Balaban J connectivity index is 2.02. The average Bonchev–Trinajstić information content (AvgIpc) is 3.15. The molecule has 0 aliphatic carbocycles. The predicted molar refractivity (Wildman–Crippen MR) is 109 cm³/mol. The number of hydrogen-bond acceptors (Lipinski definition) is 6. The van der Waals surface area contributed by atoms with Gasteiger partial charge in [-0.1, -0.05) is 12.1 Å². The van der Waals surface area contributed by atoms with E-state index >= 15 is 0 Å². The van der Waals surface area contributed by atoms with Crippen LogP contribution in [0.25, 0.3) is 0 Å². The first-order valence-electron chi connectivity index (χ1n) is 8.62. The second kappa shape index (κ2) is 10.1. The monoisotopic (exact) mass is 392 g/mol. The van der Waals surface area contributed by atoms with Gasteiger partial charge in [-0.25, -0.2) is 4.98 Å². The number of guanidine groups is 1. The topological polar surface area (TPSA) is 68.2 Å². The van der Waals surface area contributed by atoms with E-state index < -0.39 is 0 Å². The first-order valence-corrected chi connectivity index (χ1v) is 9.50. The van der Waals surface area contributed by atoms with E-state index in [4.69, 9.17) is 14.2 Å². The Hall–Kier alpha value is -2.32. The summed E-state index contributed by atoms with van der Waals surface area (Å²) >= 11 is 1.61. The van der Waals surface area contributed by atoms with Crippen LogP contribution in [0.15, 0.2) is 28.6 Å². The molecule has 0 fully saturated rings. The fourth-order valence-corrected chi connectivity index (χ4v) is 3.49. The van der Waals surface area contributed by atoms with Crippen molar-refractivity contribution in [3.63, 3.8) is 0 Å². The molecule has 0 spiro atoms. The molecule has 1 unspecified atom stereocenters. The molecular weight excluding hydrogens is 364 g/mol. The molecule has 2 aromatic rings. The highest BCUT2D eigenvalue weighted by Gasteiger charge is 2.14. The third kappa shape index (κ3) is 5.33. The first kappa shape index (κ1) is 21.0. The van der Waals surface area contributed by atoms with Crippen LogP contribution in [0.1, 0.15) is 29.3 Å². The highest BCUT2D eigenvalue weighted by molar-refractivity contribution is 7.09. The molecule has 0 aliphatic rings. The molecule has 0 saturated heterocycles. The summed E-state index contributed by atoms with van der Waals surface area (Å²) in [6.07, 6.45) is 0.00650. The van der Waals surface area contributed by atoms with E-state index in [1.54, 1.807) is 39.7 Å². The average molecular weight is 393 g/mol. The molecule has 1 atom stereocenters. The summed E-state index contributed by atoms with van der Waals surface area (Å²) in [5, 5.41) is 6.40. The minimum atomic E-state index is 0.00650. The standard InChI is InChI=1S/C19H28N4O3S/c1-13(24-4)18-22-15(12-27-18)11-23(3)19(20-2)21-10-14-8-7-9-16(25-5)17(14)26-6/h7-9,12-13H,10-11H2,1-6H3,(H,20,21). The number of benzene rings is 1. The fourth-order valence-electron chi connectivity index (χ4n) is 2.65. The van der Waals surface area contributed by atoms with Crippen LogP contribution in [0.4, 0.5) is 0 Å². The molecule has 7 nitrogen and oxygen atoms in total. The van der Waals surface area contributed by atoms with Crippen molar-refractivity contribution >= 4 is 17.3 Å². The second-order valence-corrected chi connectivity index (χ2v) is 6.85. The Morgan fingerprint density at radius 3 is 2.70 bits per heavy atom. The molecule has 0 bridgehead atoms. The molecule has 0 saturated carbocycles. The number of methoxy groups -OCH3 is 3. The Kier molecular flexibility index (Phi) is 7.87. The molecule has 1 aromatic heterocycles. The Morgan fingerprint density at radius 1 is 1.30 bits per heavy atom. The smallest absolute Gasteiger partial charge is 0.194 e. The number of nitrogens with zero attached hydrogens (tertiary/aromatic N) is 3. The van der Waals surface area contributed by atoms with Crippen molar-refractivity contribution in [2.75, 3.05) is 35.4 Å². The van der Waals surface area contributed by atoms with Gasteiger partial charge in [-0.3, -0.25) is 4.99 Å². The van der Waals surface area contributed by atoms with Crippen LogP contribution in [-0.4, -0.2) is 51.3 Å². The first-order chi connectivity index (χ1) is 13.0. The third-order valence-corrected chi connectivity index (χ3v) is 5.22. The zero-order valence-electron chi connectivity index (χ0n) is 16.8. The van der Waals surface area contributed by atoms with Gasteiger partial charge in [-0.15, -0.1) is 11.3 Å². The number of ether oxygens (including phenoxy) is 3. The van der Waals surface area contributed by atoms with E-state index in [-0.39, 0.29) is 6.10 Å². The number of thiazole rings is 1. The summed E-state index contributed by atoms with van der Waals surface area (Å²) in [5.41, 5.74) is 1.99. The van der Waals surface area contributed by atoms with E-state index in [1.807, 2.05) is 37.1 Å². The molecule has 148 valence electrons. The lowest BCUT2D eigenvalue weighted by molar-refractivity contribution is 0.119. The maximum atomic E-state index is 5.49. The quantitative estimate of drug-likeness (QED) is 0.550. The van der Waals surface area contributed by atoms with Gasteiger partial charge in [-0.2, -0.15) is 0 Å². The van der Waals surface area contributed by atoms with E-state index in [0.29, 0.717) is 18.8 Å². The molecule has 8 heteroatoms. The lowest BCUT2D eigenvalue weighted by atomic mass is 10.2. The van der Waals surface area contributed by atoms with Crippen molar-refractivity contribution in [1.29, 1.82) is 0 Å². The molecule has 1 N–H and O–H groups in total. The Bertz CT molecular complexity index is 763. The fraction of sp³-hybridized carbons (Fsp3) is 0.474. The minimum Gasteiger partial charge on any atom is -0.493 e. The van der Waals surface area contributed by atoms with Gasteiger partial charge in [0.2, 0.25) is 0 Å². The van der Waals surface area contributed by atoms with Gasteiger partial charge in [-0.05, 0) is 13.0 Å². The van der Waals surface area contributed by atoms with Crippen LogP contribution >= 0.6 is 11.3 Å². The largest absolute Gasteiger partial charge is 0.493 e. The van der Waals surface area contributed by atoms with E-state index in [2.05, 4.69) is 20.7 Å². The molecular formula is C19H28N4O3S. The summed E-state index contributed by atoms with van der Waals surface area (Å²) < 4.78 is 16.2. The van der Waals surface area contributed by atoms with Crippen molar-refractivity contribution in [2.24, 2.45) is 4.99 Å². The highest BCUT2D eigenvalue weighted by Crippen LogP contribution is 2.30. The number of rotatable bonds is 8. The van der Waals surface area contributed by atoms with Crippen LogP contribution in [0.3, 0.4) is 0 Å². The molecule has 2 rings (SSSR count). The van der Waals surface area contributed by atoms with Crippen molar-refractivity contribution in [2.45, 2.75) is 26.1 Å². The van der Waals surface area contributed by atoms with Crippen LogP contribution in [0.2, 0.25) is 0 Å². The molecule has 1 heterocycles. The number of hydrogen-bond donors (Lipinski definition) is 1. The molecule has 0 radical (unpaired) electrons. The molecule has 27 heavy (non-hydrogen) atoms. The van der Waals surface area contributed by atoms with Crippen molar-refractivity contribution in [3.8, 4) is 11.5 Å². The number of nitrogens with one attached hydrogen (secondary N) is 1. The number of aromatic nitrogens is 1. The number of aliphatic imine (C=N–C) groups is 1. The van der Waals surface area contributed by atoms with Gasteiger partial charge in [0.1, 0.15) is 11.1 Å². The van der Waals surface area contributed by atoms with Crippen molar-refractivity contribution in [3.05, 3.63) is 39.8 Å². The van der Waals surface area contributed by atoms with E-state index in [1.165, 1.54) is 0 Å². The van der Waals surface area contributed by atoms with Crippen LogP contribution < -0.4 is 14.8 Å². The van der Waals surface area contributed by atoms with Crippen molar-refractivity contribution < 1.29 is 14.2 Å². The normalized spacial score (nSPS) is 12.6. The van der Waals surface area contributed by atoms with E-state index in [0.717, 1.165) is 28.0 Å². The Morgan fingerprint density at radius 2 is 2.07 bits per heavy atom. The van der Waals surface area contributed by atoms with Crippen LogP contribution in [0, 0.1) is 0 Å². The Labute approximate surface area is 165 Å². The SMILES string of the molecule is CN=C(NCc1cccc(OC)c1OC)N(C)Cc1csc(C(C)OC)n1. The van der Waals surface area contributed by atoms with Gasteiger partial charge < -0.3 is 24.4 Å². The van der Waals surface area contributed by atoms with Gasteiger partial charge in [0, 0.05) is 38.7 Å². The number of para-hydroxylation sites is 1.